The van der Waals surface area contributed by atoms with Crippen molar-refractivity contribution in [3.63, 3.8) is 0 Å². The van der Waals surface area contributed by atoms with Crippen LogP contribution in [0.1, 0.15) is 32.6 Å². The molecule has 1 atom stereocenters. The molecule has 0 aromatic heterocycles. The molecule has 90 valence electrons. The molecule has 1 unspecified atom stereocenters. The Hall–Kier alpha value is 0.270. The first kappa shape index (κ1) is 13.3. The van der Waals surface area contributed by atoms with E-state index in [1.54, 1.807) is 0 Å². The Morgan fingerprint density at radius 1 is 1.27 bits per heavy atom. The predicted molar refractivity (Wildman–Crippen MR) is 68.5 cm³/mol. The minimum Gasteiger partial charge on any atom is -0.396 e. The number of rotatable bonds is 7. The van der Waals surface area contributed by atoms with Crippen molar-refractivity contribution in [2.45, 2.75) is 32.6 Å². The van der Waals surface area contributed by atoms with Crippen molar-refractivity contribution in [2.75, 3.05) is 37.7 Å². The molecular weight excluding hydrogens is 206 g/mol. The molecule has 1 aliphatic heterocycles. The minimum absolute atomic E-state index is 0.360. The largest absolute Gasteiger partial charge is 0.396 e. The molecule has 0 spiro atoms. The Labute approximate surface area is 98.4 Å². The summed E-state index contributed by atoms with van der Waals surface area (Å²) in [5.41, 5.74) is 0. The number of aliphatic hydroxyl groups is 1. The van der Waals surface area contributed by atoms with Gasteiger partial charge in [0.15, 0.2) is 0 Å². The average Bonchev–Trinajstić information content (AvgIpc) is 2.29. The average molecular weight is 231 g/mol. The summed E-state index contributed by atoms with van der Waals surface area (Å²) < 4.78 is 0. The van der Waals surface area contributed by atoms with Gasteiger partial charge in [0.25, 0.3) is 0 Å². The Balaban J connectivity index is 2.03. The van der Waals surface area contributed by atoms with Crippen molar-refractivity contribution < 1.29 is 5.11 Å². The molecule has 1 heterocycles. The smallest absolute Gasteiger partial charge is 0.0433 e. The monoisotopic (exact) mass is 231 g/mol. The second kappa shape index (κ2) is 8.43. The van der Waals surface area contributed by atoms with Crippen LogP contribution in [0.15, 0.2) is 0 Å². The van der Waals surface area contributed by atoms with Crippen molar-refractivity contribution in [2.24, 2.45) is 5.92 Å². The highest BCUT2D eigenvalue weighted by atomic mass is 32.2. The van der Waals surface area contributed by atoms with E-state index in [4.69, 9.17) is 5.11 Å². The number of aliphatic hydroxyl groups excluding tert-OH is 1. The summed E-state index contributed by atoms with van der Waals surface area (Å²) in [6, 6.07) is 0. The molecule has 1 fully saturated rings. The Bertz CT molecular complexity index is 144. The van der Waals surface area contributed by atoms with E-state index in [1.807, 2.05) is 0 Å². The van der Waals surface area contributed by atoms with Crippen LogP contribution in [0.5, 0.6) is 0 Å². The lowest BCUT2D eigenvalue weighted by atomic mass is 9.97. The van der Waals surface area contributed by atoms with Crippen LogP contribution in [0, 0.1) is 5.92 Å². The summed E-state index contributed by atoms with van der Waals surface area (Å²) in [7, 11) is 0. The number of hydrogen-bond acceptors (Lipinski definition) is 3. The van der Waals surface area contributed by atoms with Gasteiger partial charge >= 0.3 is 0 Å². The van der Waals surface area contributed by atoms with E-state index < -0.39 is 0 Å². The summed E-state index contributed by atoms with van der Waals surface area (Å²) in [4.78, 5) is 2.59. The molecule has 0 aromatic rings. The SMILES string of the molecule is CCC(CCO)CCCN1CCSCC1. The lowest BCUT2D eigenvalue weighted by molar-refractivity contribution is 0.236. The van der Waals surface area contributed by atoms with Gasteiger partial charge in [-0.1, -0.05) is 13.3 Å². The van der Waals surface area contributed by atoms with Crippen LogP contribution >= 0.6 is 11.8 Å². The Morgan fingerprint density at radius 3 is 2.60 bits per heavy atom. The van der Waals surface area contributed by atoms with Gasteiger partial charge in [-0.3, -0.25) is 0 Å². The Morgan fingerprint density at radius 2 is 2.00 bits per heavy atom. The van der Waals surface area contributed by atoms with Crippen LogP contribution in [-0.4, -0.2) is 47.8 Å². The maximum Gasteiger partial charge on any atom is 0.0433 e. The Kier molecular flexibility index (Phi) is 7.49. The summed E-state index contributed by atoms with van der Waals surface area (Å²) in [6.07, 6.45) is 4.81. The van der Waals surface area contributed by atoms with E-state index in [0.717, 1.165) is 12.3 Å². The molecule has 2 nitrogen and oxygen atoms in total. The number of hydrogen-bond donors (Lipinski definition) is 1. The minimum atomic E-state index is 0.360. The summed E-state index contributed by atoms with van der Waals surface area (Å²) in [5, 5.41) is 8.90. The lowest BCUT2D eigenvalue weighted by Gasteiger charge is -2.26. The van der Waals surface area contributed by atoms with Gasteiger partial charge in [0.2, 0.25) is 0 Å². The molecule has 1 saturated heterocycles. The van der Waals surface area contributed by atoms with Crippen LogP contribution in [-0.2, 0) is 0 Å². The molecule has 0 aliphatic carbocycles. The second-order valence-electron chi connectivity index (χ2n) is 4.38. The first-order chi connectivity index (χ1) is 7.36. The van der Waals surface area contributed by atoms with Gasteiger partial charge in [-0.05, 0) is 31.7 Å². The lowest BCUT2D eigenvalue weighted by Crippen LogP contribution is -2.33. The fourth-order valence-electron chi connectivity index (χ4n) is 2.16. The molecule has 0 amide bonds. The third-order valence-corrected chi connectivity index (χ3v) is 4.25. The van der Waals surface area contributed by atoms with Crippen molar-refractivity contribution in [3.8, 4) is 0 Å². The summed E-state index contributed by atoms with van der Waals surface area (Å²) in [5.74, 6) is 3.37. The summed E-state index contributed by atoms with van der Waals surface area (Å²) in [6.45, 7) is 6.42. The molecule has 15 heavy (non-hydrogen) atoms. The van der Waals surface area contributed by atoms with Gasteiger partial charge in [0.05, 0.1) is 0 Å². The van der Waals surface area contributed by atoms with Crippen molar-refractivity contribution in [3.05, 3.63) is 0 Å². The quantitative estimate of drug-likeness (QED) is 0.727. The van der Waals surface area contributed by atoms with Crippen LogP contribution in [0.3, 0.4) is 0 Å². The van der Waals surface area contributed by atoms with Gasteiger partial charge in [-0.25, -0.2) is 0 Å². The highest BCUT2D eigenvalue weighted by Gasteiger charge is 2.11. The molecular formula is C12H25NOS. The predicted octanol–water partition coefficient (Wildman–Crippen LogP) is 2.22. The van der Waals surface area contributed by atoms with E-state index in [9.17, 15) is 0 Å². The molecule has 1 aliphatic rings. The van der Waals surface area contributed by atoms with E-state index >= 15 is 0 Å². The molecule has 3 heteroatoms. The molecule has 1 rings (SSSR count). The molecule has 0 radical (unpaired) electrons. The molecule has 1 N–H and O–H groups in total. The maximum atomic E-state index is 8.90. The number of thioether (sulfide) groups is 1. The standard InChI is InChI=1S/C12H25NOS/c1-2-12(5-9-14)4-3-6-13-7-10-15-11-8-13/h12,14H,2-11H2,1H3. The first-order valence-electron chi connectivity index (χ1n) is 6.27. The zero-order chi connectivity index (χ0) is 10.9. The van der Waals surface area contributed by atoms with Crippen molar-refractivity contribution in [1.29, 1.82) is 0 Å². The zero-order valence-corrected chi connectivity index (χ0v) is 10.8. The van der Waals surface area contributed by atoms with Crippen LogP contribution in [0.2, 0.25) is 0 Å². The van der Waals surface area contributed by atoms with Crippen LogP contribution < -0.4 is 0 Å². The third kappa shape index (κ3) is 5.79. The van der Waals surface area contributed by atoms with Gasteiger partial charge in [0, 0.05) is 31.2 Å². The van der Waals surface area contributed by atoms with E-state index in [2.05, 4.69) is 23.6 Å². The zero-order valence-electron chi connectivity index (χ0n) is 9.95. The number of nitrogens with zero attached hydrogens (tertiary/aromatic N) is 1. The maximum absolute atomic E-state index is 8.90. The van der Waals surface area contributed by atoms with Gasteiger partial charge in [0.1, 0.15) is 0 Å². The van der Waals surface area contributed by atoms with E-state index in [-0.39, 0.29) is 0 Å². The van der Waals surface area contributed by atoms with Crippen molar-refractivity contribution in [1.82, 2.24) is 4.90 Å². The molecule has 0 aromatic carbocycles. The molecule has 0 bridgehead atoms. The van der Waals surface area contributed by atoms with Crippen LogP contribution in [0.25, 0.3) is 0 Å². The highest BCUT2D eigenvalue weighted by molar-refractivity contribution is 7.99. The van der Waals surface area contributed by atoms with Crippen LogP contribution in [0.4, 0.5) is 0 Å². The molecule has 0 saturated carbocycles. The second-order valence-corrected chi connectivity index (χ2v) is 5.61. The van der Waals surface area contributed by atoms with Gasteiger partial charge in [-0.2, -0.15) is 11.8 Å². The third-order valence-electron chi connectivity index (χ3n) is 3.31. The van der Waals surface area contributed by atoms with Gasteiger partial charge in [-0.15, -0.1) is 0 Å². The fourth-order valence-corrected chi connectivity index (χ4v) is 3.14. The highest BCUT2D eigenvalue weighted by Crippen LogP contribution is 2.16. The normalized spacial score (nSPS) is 20.4. The van der Waals surface area contributed by atoms with Crippen molar-refractivity contribution >= 4 is 11.8 Å². The topological polar surface area (TPSA) is 23.5 Å². The first-order valence-corrected chi connectivity index (χ1v) is 7.43. The van der Waals surface area contributed by atoms with E-state index in [1.165, 1.54) is 50.4 Å². The van der Waals surface area contributed by atoms with Gasteiger partial charge < -0.3 is 10.0 Å². The fraction of sp³-hybridized carbons (Fsp3) is 1.00. The van der Waals surface area contributed by atoms with E-state index in [0.29, 0.717) is 6.61 Å². The summed E-state index contributed by atoms with van der Waals surface area (Å²) >= 11 is 2.08.